The number of methoxy groups -OCH3 is 1. The predicted molar refractivity (Wildman–Crippen MR) is 59.1 cm³/mol. The third kappa shape index (κ3) is 2.25. The zero-order valence-corrected chi connectivity index (χ0v) is 9.20. The molecule has 0 spiro atoms. The SMILES string of the molecule is COc1ncccc1Cn1nccc1C(=O)O. The second-order valence-electron chi connectivity index (χ2n) is 3.35. The molecule has 17 heavy (non-hydrogen) atoms. The molecule has 0 amide bonds. The van der Waals surface area contributed by atoms with Crippen molar-refractivity contribution in [1.29, 1.82) is 0 Å². The van der Waals surface area contributed by atoms with E-state index in [1.165, 1.54) is 24.1 Å². The van der Waals surface area contributed by atoms with Gasteiger partial charge in [0.15, 0.2) is 0 Å². The molecule has 6 nitrogen and oxygen atoms in total. The molecule has 0 radical (unpaired) electrons. The molecule has 2 aromatic heterocycles. The van der Waals surface area contributed by atoms with Crippen molar-refractivity contribution in [3.05, 3.63) is 41.9 Å². The van der Waals surface area contributed by atoms with Gasteiger partial charge >= 0.3 is 5.97 Å². The standard InChI is InChI=1S/C11H11N3O3/c1-17-10-8(3-2-5-12-10)7-14-9(11(15)16)4-6-13-14/h2-6H,7H2,1H3,(H,15,16). The van der Waals surface area contributed by atoms with E-state index in [2.05, 4.69) is 10.1 Å². The van der Waals surface area contributed by atoms with Crippen molar-refractivity contribution >= 4 is 5.97 Å². The molecule has 0 saturated heterocycles. The van der Waals surface area contributed by atoms with Crippen molar-refractivity contribution in [2.75, 3.05) is 7.11 Å². The zero-order valence-electron chi connectivity index (χ0n) is 9.20. The highest BCUT2D eigenvalue weighted by molar-refractivity contribution is 5.85. The van der Waals surface area contributed by atoms with Gasteiger partial charge in [0.05, 0.1) is 13.7 Å². The molecule has 2 aromatic rings. The van der Waals surface area contributed by atoms with Gasteiger partial charge in [-0.2, -0.15) is 5.10 Å². The molecule has 0 unspecified atom stereocenters. The number of pyridine rings is 1. The summed E-state index contributed by atoms with van der Waals surface area (Å²) in [4.78, 5) is 15.0. The van der Waals surface area contributed by atoms with Crippen molar-refractivity contribution in [3.63, 3.8) is 0 Å². The third-order valence-corrected chi connectivity index (χ3v) is 2.30. The van der Waals surface area contributed by atoms with E-state index in [0.29, 0.717) is 12.4 Å². The highest BCUT2D eigenvalue weighted by Crippen LogP contribution is 2.15. The van der Waals surface area contributed by atoms with E-state index in [1.54, 1.807) is 12.3 Å². The summed E-state index contributed by atoms with van der Waals surface area (Å²) in [6.45, 7) is 0.311. The Morgan fingerprint density at radius 1 is 1.47 bits per heavy atom. The Bertz CT molecular complexity index is 536. The van der Waals surface area contributed by atoms with Gasteiger partial charge in [0.2, 0.25) is 5.88 Å². The fourth-order valence-corrected chi connectivity index (χ4v) is 1.53. The minimum atomic E-state index is -1.01. The molecule has 0 atom stereocenters. The minimum Gasteiger partial charge on any atom is -0.481 e. The van der Waals surface area contributed by atoms with E-state index in [4.69, 9.17) is 9.84 Å². The molecule has 0 bridgehead atoms. The molecule has 1 N–H and O–H groups in total. The van der Waals surface area contributed by atoms with Gasteiger partial charge in [0, 0.05) is 18.0 Å². The monoisotopic (exact) mass is 233 g/mol. The van der Waals surface area contributed by atoms with Crippen LogP contribution < -0.4 is 4.74 Å². The van der Waals surface area contributed by atoms with Crippen LogP contribution in [0.5, 0.6) is 5.88 Å². The van der Waals surface area contributed by atoms with E-state index in [1.807, 2.05) is 6.07 Å². The number of hydrogen-bond acceptors (Lipinski definition) is 4. The second kappa shape index (κ2) is 4.65. The molecule has 2 rings (SSSR count). The molecule has 0 aliphatic heterocycles. The highest BCUT2D eigenvalue weighted by atomic mass is 16.5. The predicted octanol–water partition coefficient (Wildman–Crippen LogP) is 1.03. The molecule has 0 aliphatic rings. The maximum absolute atomic E-state index is 10.9. The lowest BCUT2D eigenvalue weighted by Gasteiger charge is -2.08. The normalized spacial score (nSPS) is 10.2. The zero-order chi connectivity index (χ0) is 12.3. The fourth-order valence-electron chi connectivity index (χ4n) is 1.53. The van der Waals surface area contributed by atoms with Crippen LogP contribution in [0.25, 0.3) is 0 Å². The van der Waals surface area contributed by atoms with Crippen molar-refractivity contribution in [2.24, 2.45) is 0 Å². The van der Waals surface area contributed by atoms with Crippen molar-refractivity contribution in [2.45, 2.75) is 6.54 Å². The summed E-state index contributed by atoms with van der Waals surface area (Å²) in [5, 5.41) is 12.9. The first-order valence-corrected chi connectivity index (χ1v) is 4.95. The largest absolute Gasteiger partial charge is 0.481 e. The van der Waals surface area contributed by atoms with Crippen LogP contribution in [-0.4, -0.2) is 33.0 Å². The number of carboxylic acids is 1. The van der Waals surface area contributed by atoms with Crippen molar-refractivity contribution < 1.29 is 14.6 Å². The van der Waals surface area contributed by atoms with Crippen molar-refractivity contribution in [3.8, 4) is 5.88 Å². The summed E-state index contributed by atoms with van der Waals surface area (Å²) in [7, 11) is 1.52. The number of aromatic nitrogens is 3. The second-order valence-corrected chi connectivity index (χ2v) is 3.35. The Labute approximate surface area is 97.5 Å². The van der Waals surface area contributed by atoms with Crippen LogP contribution in [0.4, 0.5) is 0 Å². The molecule has 0 fully saturated rings. The van der Waals surface area contributed by atoms with Gasteiger partial charge in [0.1, 0.15) is 5.69 Å². The lowest BCUT2D eigenvalue weighted by molar-refractivity contribution is 0.0684. The average molecular weight is 233 g/mol. The van der Waals surface area contributed by atoms with E-state index >= 15 is 0 Å². The van der Waals surface area contributed by atoms with E-state index < -0.39 is 5.97 Å². The van der Waals surface area contributed by atoms with E-state index in [-0.39, 0.29) is 5.69 Å². The Balaban J connectivity index is 2.31. The maximum atomic E-state index is 10.9. The molecular weight excluding hydrogens is 222 g/mol. The fraction of sp³-hybridized carbons (Fsp3) is 0.182. The summed E-state index contributed by atoms with van der Waals surface area (Å²) in [5.74, 6) is -0.537. The number of ether oxygens (including phenoxy) is 1. The van der Waals surface area contributed by atoms with Crippen LogP contribution in [0, 0.1) is 0 Å². The number of rotatable bonds is 4. The summed E-state index contributed by atoms with van der Waals surface area (Å²) >= 11 is 0. The van der Waals surface area contributed by atoms with Crippen LogP contribution in [-0.2, 0) is 6.54 Å². The van der Waals surface area contributed by atoms with Gasteiger partial charge < -0.3 is 9.84 Å². The van der Waals surface area contributed by atoms with Gasteiger partial charge in [-0.05, 0) is 12.1 Å². The molecule has 0 saturated carbocycles. The Morgan fingerprint density at radius 3 is 3.00 bits per heavy atom. The Morgan fingerprint density at radius 2 is 2.29 bits per heavy atom. The first-order valence-electron chi connectivity index (χ1n) is 4.95. The van der Waals surface area contributed by atoms with Crippen LogP contribution in [0.3, 0.4) is 0 Å². The van der Waals surface area contributed by atoms with E-state index in [0.717, 1.165) is 5.56 Å². The number of carbonyl (C=O) groups is 1. The van der Waals surface area contributed by atoms with Crippen LogP contribution >= 0.6 is 0 Å². The molecule has 0 aromatic carbocycles. The summed E-state index contributed by atoms with van der Waals surface area (Å²) < 4.78 is 6.49. The van der Waals surface area contributed by atoms with Gasteiger partial charge in [-0.3, -0.25) is 4.68 Å². The molecule has 0 aliphatic carbocycles. The van der Waals surface area contributed by atoms with Crippen molar-refractivity contribution in [1.82, 2.24) is 14.8 Å². The van der Waals surface area contributed by atoms with Gasteiger partial charge in [-0.15, -0.1) is 0 Å². The first kappa shape index (κ1) is 11.1. The third-order valence-electron chi connectivity index (χ3n) is 2.30. The number of nitrogens with zero attached hydrogens (tertiary/aromatic N) is 3. The van der Waals surface area contributed by atoms with Gasteiger partial charge in [-0.25, -0.2) is 9.78 Å². The molecule has 88 valence electrons. The number of hydrogen-bond donors (Lipinski definition) is 1. The first-order chi connectivity index (χ1) is 8.22. The molecule has 2 heterocycles. The van der Waals surface area contributed by atoms with Crippen LogP contribution in [0.2, 0.25) is 0 Å². The quantitative estimate of drug-likeness (QED) is 0.853. The number of carboxylic acid groups (broad SMARTS) is 1. The van der Waals surface area contributed by atoms with Gasteiger partial charge in [0.25, 0.3) is 0 Å². The summed E-state index contributed by atoms with van der Waals surface area (Å²) in [6, 6.07) is 5.03. The Kier molecular flexibility index (Phi) is 3.04. The van der Waals surface area contributed by atoms with Crippen LogP contribution in [0.1, 0.15) is 16.1 Å². The summed E-state index contributed by atoms with van der Waals surface area (Å²) in [6.07, 6.45) is 3.07. The average Bonchev–Trinajstić information content (AvgIpc) is 2.78. The summed E-state index contributed by atoms with van der Waals surface area (Å²) in [5.41, 5.74) is 0.914. The Hall–Kier alpha value is -2.37. The van der Waals surface area contributed by atoms with Gasteiger partial charge in [-0.1, -0.05) is 6.07 Å². The minimum absolute atomic E-state index is 0.135. The highest BCUT2D eigenvalue weighted by Gasteiger charge is 2.12. The molecular formula is C11H11N3O3. The lowest BCUT2D eigenvalue weighted by atomic mass is 10.2. The topological polar surface area (TPSA) is 77.2 Å². The van der Waals surface area contributed by atoms with Crippen LogP contribution in [0.15, 0.2) is 30.6 Å². The smallest absolute Gasteiger partial charge is 0.354 e. The lowest BCUT2D eigenvalue weighted by Crippen LogP contribution is -2.11. The molecule has 6 heteroatoms. The maximum Gasteiger partial charge on any atom is 0.354 e. The van der Waals surface area contributed by atoms with E-state index in [9.17, 15) is 4.79 Å². The number of aromatic carboxylic acids is 1.